The second-order valence-corrected chi connectivity index (χ2v) is 4.66. The summed E-state index contributed by atoms with van der Waals surface area (Å²) >= 11 is 5.87. The van der Waals surface area contributed by atoms with Gasteiger partial charge in [0.15, 0.2) is 0 Å². The molecule has 0 aliphatic heterocycles. The Morgan fingerprint density at radius 2 is 2.10 bits per heavy atom. The Bertz CT molecular complexity index is 495. The SMILES string of the molecule is CCCN(CC(=O)OCC)c1ncc(C(F)(F)F)cc1Cl. The fraction of sp³-hybridized carbons (Fsp3) is 0.538. The highest BCUT2D eigenvalue weighted by molar-refractivity contribution is 6.33. The highest BCUT2D eigenvalue weighted by atomic mass is 35.5. The third kappa shape index (κ3) is 5.08. The highest BCUT2D eigenvalue weighted by Crippen LogP contribution is 2.33. The lowest BCUT2D eigenvalue weighted by Crippen LogP contribution is -2.32. The van der Waals surface area contributed by atoms with Crippen LogP contribution in [0.25, 0.3) is 0 Å². The minimum Gasteiger partial charge on any atom is -0.465 e. The van der Waals surface area contributed by atoms with Crippen molar-refractivity contribution in [2.24, 2.45) is 0 Å². The number of esters is 1. The smallest absolute Gasteiger partial charge is 0.417 e. The Morgan fingerprint density at radius 1 is 1.43 bits per heavy atom. The van der Waals surface area contributed by atoms with Crippen molar-refractivity contribution in [3.63, 3.8) is 0 Å². The maximum Gasteiger partial charge on any atom is 0.417 e. The summed E-state index contributed by atoms with van der Waals surface area (Å²) in [5.74, 6) is -0.344. The van der Waals surface area contributed by atoms with Gasteiger partial charge < -0.3 is 9.64 Å². The number of nitrogens with zero attached hydrogens (tertiary/aromatic N) is 2. The van der Waals surface area contributed by atoms with Crippen LogP contribution in [0.2, 0.25) is 5.02 Å². The van der Waals surface area contributed by atoms with Crippen molar-refractivity contribution in [3.8, 4) is 0 Å². The molecule has 0 fully saturated rings. The minimum absolute atomic E-state index is 0.111. The van der Waals surface area contributed by atoms with Crippen LogP contribution in [0.15, 0.2) is 12.3 Å². The molecular formula is C13H16ClF3N2O2. The predicted molar refractivity (Wildman–Crippen MR) is 73.4 cm³/mol. The molecule has 1 aromatic rings. The van der Waals surface area contributed by atoms with E-state index in [0.29, 0.717) is 19.2 Å². The lowest BCUT2D eigenvalue weighted by atomic mass is 10.2. The molecule has 0 atom stereocenters. The Labute approximate surface area is 125 Å². The number of carbonyl (C=O) groups excluding carboxylic acids is 1. The molecule has 1 rings (SSSR count). The van der Waals surface area contributed by atoms with Gasteiger partial charge in [0.05, 0.1) is 17.2 Å². The minimum atomic E-state index is -4.51. The van der Waals surface area contributed by atoms with E-state index in [0.717, 1.165) is 6.07 Å². The molecule has 0 aromatic carbocycles. The van der Waals surface area contributed by atoms with Gasteiger partial charge in [0.2, 0.25) is 0 Å². The van der Waals surface area contributed by atoms with E-state index in [1.807, 2.05) is 6.92 Å². The van der Waals surface area contributed by atoms with Gasteiger partial charge in [0.25, 0.3) is 0 Å². The summed E-state index contributed by atoms with van der Waals surface area (Å²) in [6.07, 6.45) is -3.13. The Hall–Kier alpha value is -1.50. The maximum atomic E-state index is 12.6. The van der Waals surface area contributed by atoms with E-state index in [4.69, 9.17) is 16.3 Å². The monoisotopic (exact) mass is 324 g/mol. The number of hydrogen-bond acceptors (Lipinski definition) is 4. The fourth-order valence-electron chi connectivity index (χ4n) is 1.71. The van der Waals surface area contributed by atoms with E-state index in [1.54, 1.807) is 6.92 Å². The number of ether oxygens (including phenoxy) is 1. The number of aromatic nitrogens is 1. The zero-order valence-electron chi connectivity index (χ0n) is 11.7. The van der Waals surface area contributed by atoms with E-state index >= 15 is 0 Å². The first-order valence-electron chi connectivity index (χ1n) is 6.42. The molecule has 0 bridgehead atoms. The second kappa shape index (κ2) is 7.49. The Balaban J connectivity index is 3.00. The number of halogens is 4. The molecule has 0 saturated heterocycles. The first-order valence-corrected chi connectivity index (χ1v) is 6.80. The number of alkyl halides is 3. The molecule has 0 aliphatic carbocycles. The molecule has 21 heavy (non-hydrogen) atoms. The number of pyridine rings is 1. The molecular weight excluding hydrogens is 309 g/mol. The third-order valence-corrected chi connectivity index (χ3v) is 2.85. The van der Waals surface area contributed by atoms with Gasteiger partial charge in [0, 0.05) is 12.7 Å². The molecule has 0 radical (unpaired) electrons. The van der Waals surface area contributed by atoms with Gasteiger partial charge in [-0.25, -0.2) is 4.98 Å². The van der Waals surface area contributed by atoms with Crippen LogP contribution in [0.1, 0.15) is 25.8 Å². The summed E-state index contributed by atoms with van der Waals surface area (Å²) in [4.78, 5) is 16.8. The summed E-state index contributed by atoms with van der Waals surface area (Å²) in [6, 6.07) is 0.803. The lowest BCUT2D eigenvalue weighted by Gasteiger charge is -2.23. The topological polar surface area (TPSA) is 42.4 Å². The number of rotatable bonds is 6. The van der Waals surface area contributed by atoms with Gasteiger partial charge in [-0.1, -0.05) is 18.5 Å². The van der Waals surface area contributed by atoms with Crippen LogP contribution in [0, 0.1) is 0 Å². The van der Waals surface area contributed by atoms with Crippen LogP contribution in [0.4, 0.5) is 19.0 Å². The molecule has 118 valence electrons. The molecule has 0 unspecified atom stereocenters. The van der Waals surface area contributed by atoms with Crippen molar-refractivity contribution in [3.05, 3.63) is 22.8 Å². The molecule has 4 nitrogen and oxygen atoms in total. The second-order valence-electron chi connectivity index (χ2n) is 4.25. The predicted octanol–water partition coefficient (Wildman–Crippen LogP) is 3.53. The molecule has 1 heterocycles. The van der Waals surface area contributed by atoms with Crippen molar-refractivity contribution in [1.29, 1.82) is 0 Å². The molecule has 0 N–H and O–H groups in total. The van der Waals surface area contributed by atoms with Crippen molar-refractivity contribution < 1.29 is 22.7 Å². The van der Waals surface area contributed by atoms with Gasteiger partial charge in [0.1, 0.15) is 12.4 Å². The molecule has 0 amide bonds. The number of carbonyl (C=O) groups is 1. The summed E-state index contributed by atoms with van der Waals surface area (Å²) in [5.41, 5.74) is -0.927. The summed E-state index contributed by atoms with van der Waals surface area (Å²) in [5, 5.41) is -0.150. The highest BCUT2D eigenvalue weighted by Gasteiger charge is 2.32. The first-order chi connectivity index (χ1) is 9.79. The lowest BCUT2D eigenvalue weighted by molar-refractivity contribution is -0.141. The van der Waals surface area contributed by atoms with Crippen LogP contribution in [-0.4, -0.2) is 30.6 Å². The van der Waals surface area contributed by atoms with E-state index in [1.165, 1.54) is 4.90 Å². The van der Waals surface area contributed by atoms with Crippen LogP contribution in [-0.2, 0) is 15.7 Å². The Kier molecular flexibility index (Phi) is 6.26. The summed E-state index contributed by atoms with van der Waals surface area (Å²) in [7, 11) is 0. The summed E-state index contributed by atoms with van der Waals surface area (Å²) < 4.78 is 42.5. The molecule has 8 heteroatoms. The average molecular weight is 325 g/mol. The van der Waals surface area contributed by atoms with E-state index in [-0.39, 0.29) is 24.0 Å². The van der Waals surface area contributed by atoms with E-state index < -0.39 is 17.7 Å². The number of hydrogen-bond donors (Lipinski definition) is 0. The van der Waals surface area contributed by atoms with Gasteiger partial charge in [-0.3, -0.25) is 4.79 Å². The largest absolute Gasteiger partial charge is 0.465 e. The maximum absolute atomic E-state index is 12.6. The van der Waals surface area contributed by atoms with E-state index in [9.17, 15) is 18.0 Å². The van der Waals surface area contributed by atoms with Crippen LogP contribution < -0.4 is 4.90 Å². The van der Waals surface area contributed by atoms with Crippen LogP contribution in [0.5, 0.6) is 0 Å². The van der Waals surface area contributed by atoms with Gasteiger partial charge in [-0.15, -0.1) is 0 Å². The molecule has 0 spiro atoms. The Morgan fingerprint density at radius 3 is 2.57 bits per heavy atom. The standard InChI is InChI=1S/C13H16ClF3N2O2/c1-3-5-19(8-11(20)21-4-2)12-10(14)6-9(7-18-12)13(15,16)17/h6-7H,3-5,8H2,1-2H3. The van der Waals surface area contributed by atoms with Gasteiger partial charge in [-0.05, 0) is 19.4 Å². The molecule has 0 saturated carbocycles. The molecule has 0 aliphatic rings. The number of anilines is 1. The zero-order valence-corrected chi connectivity index (χ0v) is 12.5. The third-order valence-electron chi connectivity index (χ3n) is 2.57. The quantitative estimate of drug-likeness (QED) is 0.751. The first kappa shape index (κ1) is 17.6. The fourth-order valence-corrected chi connectivity index (χ4v) is 2.00. The zero-order chi connectivity index (χ0) is 16.0. The van der Waals surface area contributed by atoms with Crippen LogP contribution >= 0.6 is 11.6 Å². The van der Waals surface area contributed by atoms with Gasteiger partial charge >= 0.3 is 12.1 Å². The van der Waals surface area contributed by atoms with Gasteiger partial charge in [-0.2, -0.15) is 13.2 Å². The van der Waals surface area contributed by atoms with Crippen molar-refractivity contribution >= 4 is 23.4 Å². The normalized spacial score (nSPS) is 11.3. The van der Waals surface area contributed by atoms with Crippen molar-refractivity contribution in [2.45, 2.75) is 26.4 Å². The summed E-state index contributed by atoms with van der Waals surface area (Å²) in [6.45, 7) is 4.09. The average Bonchev–Trinajstić information content (AvgIpc) is 2.37. The van der Waals surface area contributed by atoms with E-state index in [2.05, 4.69) is 4.98 Å². The van der Waals surface area contributed by atoms with Crippen molar-refractivity contribution in [2.75, 3.05) is 24.6 Å². The van der Waals surface area contributed by atoms with Crippen molar-refractivity contribution in [1.82, 2.24) is 4.98 Å². The van der Waals surface area contributed by atoms with Crippen LogP contribution in [0.3, 0.4) is 0 Å². The molecule has 1 aromatic heterocycles.